The molecule has 0 heterocycles. The van der Waals surface area contributed by atoms with E-state index in [-0.39, 0.29) is 0 Å². The van der Waals surface area contributed by atoms with Crippen molar-refractivity contribution in [2.45, 2.75) is 0 Å². The minimum atomic E-state index is -0.796. The Balaban J connectivity index is 5.16. The first-order valence-electron chi connectivity index (χ1n) is 5.33. The zero-order valence-corrected chi connectivity index (χ0v) is 9.81. The molecule has 19 radical (unpaired) electrons. The lowest BCUT2D eigenvalue weighted by molar-refractivity contribution is 3.37. The van der Waals surface area contributed by atoms with Crippen LogP contribution in [0.1, 0.15) is 0 Å². The van der Waals surface area contributed by atoms with Gasteiger partial charge in [-0.05, 0) is 0 Å². The average molecular weight is 184 g/mol. The highest BCUT2D eigenvalue weighted by atomic mass is 13.2. The molecule has 0 unspecified atom stereocenters. The third-order valence-corrected chi connectivity index (χ3v) is 2.89. The first kappa shape index (κ1) is 18.1. The van der Waals surface area contributed by atoms with Crippen LogP contribution >= 0.6 is 0 Å². The molecule has 0 aromatic carbocycles. The maximum Gasteiger partial charge on any atom is 0 e. The summed E-state index contributed by atoms with van der Waals surface area (Å²) in [6.45, 7) is 0. The predicted molar refractivity (Wildman–Crippen MR) is 97.8 cm³/mol. The fourth-order valence-electron chi connectivity index (χ4n) is 2.05. The first-order valence-corrected chi connectivity index (χ1v) is 5.33. The van der Waals surface area contributed by atoms with E-state index in [0.717, 1.165) is 0 Å². The summed E-state index contributed by atoms with van der Waals surface area (Å²) >= 11 is 0. The lowest BCUT2D eigenvalue weighted by Crippen LogP contribution is -2.76. The first-order chi connectivity index (χ1) is 7.73. The van der Waals surface area contributed by atoms with Crippen molar-refractivity contribution < 1.29 is 0 Å². The largest absolute Gasteiger partial charge is 0 e. The smallest absolute Gasteiger partial charge is 0 e. The van der Waals surface area contributed by atoms with Gasteiger partial charge in [0.1, 0.15) is 0 Å². The summed E-state index contributed by atoms with van der Waals surface area (Å²) in [4.78, 5) is 0. The highest BCUT2D eigenvalue weighted by Crippen LogP contribution is 2.01. The minimum absolute atomic E-state index is 0.482. The third-order valence-electron chi connectivity index (χ3n) is 2.89. The van der Waals surface area contributed by atoms with Crippen LogP contribution in [0.25, 0.3) is 0 Å². The van der Waals surface area contributed by atoms with Crippen molar-refractivity contribution in [2.24, 2.45) is 0 Å². The molecule has 0 aromatic heterocycles. The lowest BCUT2D eigenvalue weighted by atomic mass is 8.43. The van der Waals surface area contributed by atoms with Gasteiger partial charge >= 0.3 is 0 Å². The molecule has 0 aliphatic heterocycles. The molecule has 0 N–H and O–H groups in total. The van der Waals surface area contributed by atoms with Crippen LogP contribution in [0, 0.1) is 0 Å². The Bertz CT molecular complexity index is 180. The average Bonchev–Trinajstić information content (AvgIpc) is 2.15. The highest BCUT2D eigenvalue weighted by Gasteiger charge is 2.39. The zero-order chi connectivity index (χ0) is 13.7. The van der Waals surface area contributed by atoms with Crippen molar-refractivity contribution in [1.29, 1.82) is 0 Å². The molecule has 17 heteroatoms. The van der Waals surface area contributed by atoms with Crippen LogP contribution in [0.4, 0.5) is 0 Å². The Hall–Kier alpha value is 1.10. The maximum absolute atomic E-state index is 5.70. The molecule has 17 heavy (non-hydrogen) atoms. The van der Waals surface area contributed by atoms with E-state index in [9.17, 15) is 0 Å². The van der Waals surface area contributed by atoms with Crippen molar-refractivity contribution >= 4 is 121 Å². The number of rotatable bonds is 7. The Morgan fingerprint density at radius 3 is 1.06 bits per heavy atom. The summed E-state index contributed by atoms with van der Waals surface area (Å²) in [5.41, 5.74) is 0. The molecule has 0 spiro atoms. The van der Waals surface area contributed by atoms with E-state index in [1.165, 1.54) is 7.06 Å². The minimum Gasteiger partial charge on any atom is 0 e. The van der Waals surface area contributed by atoms with Crippen molar-refractivity contribution in [3.05, 3.63) is 0 Å². The molecule has 51 valence electrons. The lowest BCUT2D eigenvalue weighted by Gasteiger charge is -2.38. The van der Waals surface area contributed by atoms with Gasteiger partial charge in [0.05, 0.1) is 0 Å². The van der Waals surface area contributed by atoms with E-state index in [0.29, 0.717) is 0 Å². The highest BCUT2D eigenvalue weighted by molar-refractivity contribution is 8.15. The molecular formula is B17. The van der Waals surface area contributed by atoms with Crippen molar-refractivity contribution in [3.63, 3.8) is 0 Å². The van der Waals surface area contributed by atoms with E-state index >= 15 is 0 Å². The zero-order valence-electron chi connectivity index (χ0n) is 9.81. The molecule has 0 fully saturated rings. The van der Waals surface area contributed by atoms with Gasteiger partial charge in [-0.2, -0.15) is 0 Å². The summed E-state index contributed by atoms with van der Waals surface area (Å²) in [7, 11) is 52.0. The molecule has 0 aromatic rings. The maximum atomic E-state index is 5.70. The summed E-state index contributed by atoms with van der Waals surface area (Å²) in [6, 6.07) is 0. The van der Waals surface area contributed by atoms with Crippen LogP contribution in [0.2, 0.25) is 0 Å². The molecule has 0 saturated heterocycles. The fraction of sp³-hybridized carbons (Fsp3) is 0. The van der Waals surface area contributed by atoms with Crippen LogP contribution in [0.3, 0.4) is 0 Å². The monoisotopic (exact) mass is 187 g/mol. The van der Waals surface area contributed by atoms with Crippen LogP contribution in [0.5, 0.6) is 0 Å². The topological polar surface area (TPSA) is 0 Å². The molecule has 0 rings (SSSR count). The molecule has 0 saturated carbocycles. The van der Waals surface area contributed by atoms with E-state index in [1.807, 2.05) is 0 Å². The van der Waals surface area contributed by atoms with Crippen LogP contribution in [-0.2, 0) is 0 Å². The van der Waals surface area contributed by atoms with E-state index in [4.69, 9.17) is 69.6 Å². The van der Waals surface area contributed by atoms with Crippen LogP contribution in [0.15, 0.2) is 0 Å². The molecule has 0 nitrogen and oxygen atoms in total. The van der Waals surface area contributed by atoms with Gasteiger partial charge in [-0.25, -0.2) is 0 Å². The Morgan fingerprint density at radius 2 is 0.882 bits per heavy atom. The van der Waals surface area contributed by atoms with Gasteiger partial charge in [0.15, 0.2) is 0 Å². The van der Waals surface area contributed by atoms with Crippen molar-refractivity contribution in [3.8, 4) is 0 Å². The summed E-state index contributed by atoms with van der Waals surface area (Å²) in [5, 5.41) is 0. The summed E-state index contributed by atoms with van der Waals surface area (Å²) in [6.07, 6.45) is -4.66. The van der Waals surface area contributed by atoms with Gasteiger partial charge in [-0.3, -0.25) is 0 Å². The van der Waals surface area contributed by atoms with E-state index < -0.39 is 44.7 Å². The molecule has 0 bridgehead atoms. The van der Waals surface area contributed by atoms with Crippen LogP contribution < -0.4 is 0 Å². The Labute approximate surface area is 121 Å². The molecule has 0 atom stereocenters. The quantitative estimate of drug-likeness (QED) is 0.345. The normalized spacial score (nSPS) is 8.94. The Kier molecular flexibility index (Phi) is 8.85. The van der Waals surface area contributed by atoms with Gasteiger partial charge in [-0.15, -0.1) is 0 Å². The second kappa shape index (κ2) is 8.31. The predicted octanol–water partition coefficient (Wildman–Crippen LogP) is -6.47. The fourth-order valence-corrected chi connectivity index (χ4v) is 2.05. The molecule has 0 aliphatic rings. The molecule has 0 amide bonds. The van der Waals surface area contributed by atoms with Crippen LogP contribution in [-0.4, -0.2) is 121 Å². The second-order valence-electron chi connectivity index (χ2n) is 4.23. The molecular weight excluding hydrogens is 184 g/mol. The van der Waals surface area contributed by atoms with Gasteiger partial charge in [0, 0.05) is 121 Å². The van der Waals surface area contributed by atoms with E-state index in [1.54, 1.807) is 0 Å². The van der Waals surface area contributed by atoms with Crippen molar-refractivity contribution in [1.82, 2.24) is 0 Å². The summed E-state index contributed by atoms with van der Waals surface area (Å²) < 4.78 is 0. The van der Waals surface area contributed by atoms with E-state index in [2.05, 4.69) is 0 Å². The number of hydrogen-bond donors (Lipinski definition) is 0. The SMILES string of the molecule is [B][B]B(B([B])[B])B(B([B])[B])B(B([B])[B])B([B])[B]. The number of hydrogen-bond acceptors (Lipinski definition) is 0. The van der Waals surface area contributed by atoms with Gasteiger partial charge in [0.2, 0.25) is 0 Å². The standard InChI is InChI=1S/B17/c1-10-15(11(2)3)17(14(8)9)16(12(4)5)13(6)7. The third kappa shape index (κ3) is 5.31. The molecule has 0 aliphatic carbocycles. The van der Waals surface area contributed by atoms with Gasteiger partial charge in [0.25, 0.3) is 0 Å². The second-order valence-corrected chi connectivity index (χ2v) is 4.23. The Morgan fingerprint density at radius 1 is 0.529 bits per heavy atom. The van der Waals surface area contributed by atoms with Crippen molar-refractivity contribution in [2.75, 3.05) is 0 Å². The van der Waals surface area contributed by atoms with Gasteiger partial charge in [-0.1, -0.05) is 0 Å². The summed E-state index contributed by atoms with van der Waals surface area (Å²) in [5.74, 6) is 0. The van der Waals surface area contributed by atoms with Gasteiger partial charge < -0.3 is 0 Å².